The molecule has 0 saturated heterocycles. The largest absolute Gasteiger partial charge is 0.465 e. The molecule has 1 aromatic heterocycles. The van der Waals surface area contributed by atoms with E-state index in [0.717, 1.165) is 22.1 Å². The number of H-pyrrole nitrogens is 1. The third-order valence-corrected chi connectivity index (χ3v) is 3.45. The van der Waals surface area contributed by atoms with Gasteiger partial charge in [0, 0.05) is 5.69 Å². The molecule has 2 rings (SSSR count). The maximum Gasteiger partial charge on any atom is 0.340 e. The van der Waals surface area contributed by atoms with Gasteiger partial charge in [0.2, 0.25) is 0 Å². The normalized spacial score (nSPS) is 15.0. The summed E-state index contributed by atoms with van der Waals surface area (Å²) in [6.07, 6.45) is 4.44. The van der Waals surface area contributed by atoms with E-state index < -0.39 is 0 Å². The summed E-state index contributed by atoms with van der Waals surface area (Å²) >= 11 is 2.16. The van der Waals surface area contributed by atoms with E-state index in [9.17, 15) is 4.79 Å². The highest BCUT2D eigenvalue weighted by molar-refractivity contribution is 14.1. The van der Waals surface area contributed by atoms with Crippen LogP contribution in [0.2, 0.25) is 0 Å². The molecule has 1 aliphatic carbocycles. The summed E-state index contributed by atoms with van der Waals surface area (Å²) in [7, 11) is 1.43. The van der Waals surface area contributed by atoms with Crippen molar-refractivity contribution < 1.29 is 9.53 Å². The Morgan fingerprint density at radius 3 is 2.86 bits per heavy atom. The number of aryl methyl sites for hydroxylation is 1. The van der Waals surface area contributed by atoms with Crippen LogP contribution >= 0.6 is 22.6 Å². The van der Waals surface area contributed by atoms with Crippen LogP contribution in [0.15, 0.2) is 0 Å². The predicted molar refractivity (Wildman–Crippen MR) is 61.5 cm³/mol. The van der Waals surface area contributed by atoms with Crippen LogP contribution in [-0.2, 0) is 17.6 Å². The molecule has 0 atom stereocenters. The number of fused-ring (bicyclic) bond motifs is 1. The van der Waals surface area contributed by atoms with Crippen LogP contribution in [0.3, 0.4) is 0 Å². The summed E-state index contributed by atoms with van der Waals surface area (Å²) in [5, 5.41) is 0. The molecule has 0 spiro atoms. The molecule has 1 aromatic rings. The van der Waals surface area contributed by atoms with Crippen LogP contribution in [-0.4, -0.2) is 18.1 Å². The smallest absolute Gasteiger partial charge is 0.340 e. The molecule has 0 fully saturated rings. The van der Waals surface area contributed by atoms with E-state index in [1.165, 1.54) is 31.2 Å². The fraction of sp³-hybridized carbons (Fsp3) is 0.500. The number of hydrogen-bond donors (Lipinski definition) is 1. The molecule has 1 heterocycles. The molecule has 0 unspecified atom stereocenters. The predicted octanol–water partition coefficient (Wildman–Crippen LogP) is 2.28. The number of aromatic amines is 1. The fourth-order valence-corrected chi connectivity index (χ4v) is 2.83. The Labute approximate surface area is 96.4 Å². The van der Waals surface area contributed by atoms with Gasteiger partial charge in [-0.3, -0.25) is 0 Å². The number of rotatable bonds is 1. The zero-order valence-corrected chi connectivity index (χ0v) is 10.2. The third kappa shape index (κ3) is 1.55. The molecule has 76 valence electrons. The second kappa shape index (κ2) is 3.92. The van der Waals surface area contributed by atoms with Crippen molar-refractivity contribution >= 4 is 28.6 Å². The van der Waals surface area contributed by atoms with E-state index in [-0.39, 0.29) is 5.97 Å². The Balaban J connectivity index is 2.47. The van der Waals surface area contributed by atoms with Gasteiger partial charge in [0.05, 0.1) is 16.4 Å². The Hall–Kier alpha value is -0.520. The van der Waals surface area contributed by atoms with Crippen LogP contribution < -0.4 is 0 Å². The molecule has 14 heavy (non-hydrogen) atoms. The molecule has 0 amide bonds. The number of ether oxygens (including phenoxy) is 1. The van der Waals surface area contributed by atoms with E-state index >= 15 is 0 Å². The molecule has 1 N–H and O–H groups in total. The highest BCUT2D eigenvalue weighted by Crippen LogP contribution is 2.28. The first-order valence-electron chi connectivity index (χ1n) is 4.71. The Kier molecular flexibility index (Phi) is 2.80. The minimum Gasteiger partial charge on any atom is -0.465 e. The number of nitrogens with one attached hydrogen (secondary N) is 1. The molecule has 0 saturated carbocycles. The quantitative estimate of drug-likeness (QED) is 0.639. The molecule has 0 aromatic carbocycles. The molecule has 0 radical (unpaired) electrons. The Bertz CT molecular complexity index is 370. The van der Waals surface area contributed by atoms with Crippen LogP contribution in [0, 0.1) is 3.70 Å². The lowest BCUT2D eigenvalue weighted by Crippen LogP contribution is -2.08. The van der Waals surface area contributed by atoms with Crippen molar-refractivity contribution in [2.75, 3.05) is 7.11 Å². The van der Waals surface area contributed by atoms with Crippen molar-refractivity contribution in [1.29, 1.82) is 0 Å². The molecular weight excluding hydrogens is 293 g/mol. The molecule has 0 aliphatic heterocycles. The van der Waals surface area contributed by atoms with Gasteiger partial charge in [0.1, 0.15) is 0 Å². The van der Waals surface area contributed by atoms with Crippen LogP contribution in [0.25, 0.3) is 0 Å². The van der Waals surface area contributed by atoms with Gasteiger partial charge in [-0.25, -0.2) is 4.79 Å². The first kappa shape index (κ1) is 10.0. The van der Waals surface area contributed by atoms with E-state index in [4.69, 9.17) is 4.74 Å². The molecule has 0 bridgehead atoms. The first-order chi connectivity index (χ1) is 6.74. The van der Waals surface area contributed by atoms with Crippen molar-refractivity contribution in [2.45, 2.75) is 25.7 Å². The average molecular weight is 305 g/mol. The third-order valence-electron chi connectivity index (χ3n) is 2.64. The van der Waals surface area contributed by atoms with Crippen LogP contribution in [0.4, 0.5) is 0 Å². The highest BCUT2D eigenvalue weighted by atomic mass is 127. The lowest BCUT2D eigenvalue weighted by Gasteiger charge is -2.11. The summed E-state index contributed by atoms with van der Waals surface area (Å²) in [6, 6.07) is 0. The number of halogens is 1. The minimum atomic E-state index is -0.214. The molecule has 4 heteroatoms. The van der Waals surface area contributed by atoms with Gasteiger partial charge in [-0.15, -0.1) is 0 Å². The highest BCUT2D eigenvalue weighted by Gasteiger charge is 2.23. The van der Waals surface area contributed by atoms with Gasteiger partial charge in [-0.05, 0) is 53.8 Å². The molecule has 1 aliphatic rings. The van der Waals surface area contributed by atoms with E-state index in [2.05, 4.69) is 27.6 Å². The topological polar surface area (TPSA) is 42.1 Å². The lowest BCUT2D eigenvalue weighted by molar-refractivity contribution is 0.0598. The monoisotopic (exact) mass is 305 g/mol. The second-order valence-corrected chi connectivity index (χ2v) is 4.55. The van der Waals surface area contributed by atoms with Gasteiger partial charge >= 0.3 is 5.97 Å². The maximum absolute atomic E-state index is 11.5. The first-order valence-corrected chi connectivity index (χ1v) is 5.79. The number of aromatic nitrogens is 1. The molecule has 3 nitrogen and oxygen atoms in total. The summed E-state index contributed by atoms with van der Waals surface area (Å²) in [5.74, 6) is -0.214. The second-order valence-electron chi connectivity index (χ2n) is 3.47. The summed E-state index contributed by atoms with van der Waals surface area (Å²) in [5.41, 5.74) is 3.15. The van der Waals surface area contributed by atoms with Crippen LogP contribution in [0.5, 0.6) is 0 Å². The van der Waals surface area contributed by atoms with Crippen molar-refractivity contribution in [3.8, 4) is 0 Å². The number of hydrogen-bond acceptors (Lipinski definition) is 2. The van der Waals surface area contributed by atoms with Crippen molar-refractivity contribution in [2.24, 2.45) is 0 Å². The number of esters is 1. The van der Waals surface area contributed by atoms with Gasteiger partial charge in [-0.1, -0.05) is 0 Å². The zero-order valence-electron chi connectivity index (χ0n) is 8.02. The number of carbonyl (C=O) groups is 1. The minimum absolute atomic E-state index is 0.214. The van der Waals surface area contributed by atoms with Gasteiger partial charge in [0.25, 0.3) is 0 Å². The molecular formula is C10H12INO2. The van der Waals surface area contributed by atoms with Crippen molar-refractivity contribution in [1.82, 2.24) is 4.98 Å². The Morgan fingerprint density at radius 1 is 1.43 bits per heavy atom. The van der Waals surface area contributed by atoms with Gasteiger partial charge in [0.15, 0.2) is 0 Å². The maximum atomic E-state index is 11.5. The van der Waals surface area contributed by atoms with Crippen molar-refractivity contribution in [3.05, 3.63) is 20.5 Å². The van der Waals surface area contributed by atoms with Gasteiger partial charge < -0.3 is 9.72 Å². The zero-order chi connectivity index (χ0) is 10.1. The van der Waals surface area contributed by atoms with E-state index in [1.807, 2.05) is 0 Å². The van der Waals surface area contributed by atoms with E-state index in [0.29, 0.717) is 0 Å². The summed E-state index contributed by atoms with van der Waals surface area (Å²) in [6.45, 7) is 0. The standard InChI is InChI=1S/C10H12INO2/c1-14-10(13)8-6-4-2-3-5-7(6)12-9(8)11/h12H,2-5H2,1H3. The van der Waals surface area contributed by atoms with Gasteiger partial charge in [-0.2, -0.15) is 0 Å². The van der Waals surface area contributed by atoms with Crippen LogP contribution in [0.1, 0.15) is 34.5 Å². The lowest BCUT2D eigenvalue weighted by atomic mass is 9.95. The SMILES string of the molecule is COC(=O)c1c(I)[nH]c2c1CCCC2. The number of carbonyl (C=O) groups excluding carboxylic acids is 1. The Morgan fingerprint density at radius 2 is 2.14 bits per heavy atom. The summed E-state index contributed by atoms with van der Waals surface area (Å²) in [4.78, 5) is 14.8. The average Bonchev–Trinajstić information content (AvgIpc) is 2.53. The fourth-order valence-electron chi connectivity index (χ4n) is 1.96. The van der Waals surface area contributed by atoms with E-state index in [1.54, 1.807) is 0 Å². The summed E-state index contributed by atoms with van der Waals surface area (Å²) < 4.78 is 5.70. The number of methoxy groups -OCH3 is 1. The van der Waals surface area contributed by atoms with Crippen molar-refractivity contribution in [3.63, 3.8) is 0 Å².